The Hall–Kier alpha value is -0.680. The molecule has 0 radical (unpaired) electrons. The molecule has 1 fully saturated rings. The number of likely N-dealkylation sites (N-methyl/N-ethyl adjacent to an activating group) is 1. The van der Waals surface area contributed by atoms with E-state index in [-0.39, 0.29) is 11.9 Å². The molecule has 19 heavy (non-hydrogen) atoms. The molecule has 1 aliphatic heterocycles. The highest BCUT2D eigenvalue weighted by Crippen LogP contribution is 2.27. The van der Waals surface area contributed by atoms with Gasteiger partial charge in [-0.15, -0.1) is 0 Å². The Kier molecular flexibility index (Phi) is 5.16. The summed E-state index contributed by atoms with van der Waals surface area (Å²) in [5.41, 5.74) is 6.46. The summed E-state index contributed by atoms with van der Waals surface area (Å²) in [6, 6.07) is 5.04. The summed E-state index contributed by atoms with van der Waals surface area (Å²) in [5, 5.41) is 0.408. The van der Waals surface area contributed by atoms with Crippen LogP contribution >= 0.6 is 11.6 Å². The zero-order valence-corrected chi connectivity index (χ0v) is 11.9. The molecule has 0 aliphatic carbocycles. The van der Waals surface area contributed by atoms with Crippen molar-refractivity contribution in [2.45, 2.75) is 24.9 Å². The molecule has 106 valence electrons. The molecule has 1 heterocycles. The SMILES string of the molecule is CN(C1CCOCC1)C(CN)c1ccc(Cl)cc1F. The number of nitrogens with two attached hydrogens (primary N) is 1. The summed E-state index contributed by atoms with van der Waals surface area (Å²) in [4.78, 5) is 2.16. The summed E-state index contributed by atoms with van der Waals surface area (Å²) >= 11 is 5.79. The highest BCUT2D eigenvalue weighted by atomic mass is 35.5. The van der Waals surface area contributed by atoms with Crippen LogP contribution in [0.25, 0.3) is 0 Å². The normalized spacial score (nSPS) is 18.8. The lowest BCUT2D eigenvalue weighted by atomic mass is 10.00. The zero-order chi connectivity index (χ0) is 13.8. The van der Waals surface area contributed by atoms with Gasteiger partial charge in [0.2, 0.25) is 0 Å². The molecule has 1 aliphatic rings. The maximum atomic E-state index is 14.0. The number of rotatable bonds is 4. The maximum absolute atomic E-state index is 14.0. The molecule has 0 spiro atoms. The fourth-order valence-corrected chi connectivity index (χ4v) is 2.79. The maximum Gasteiger partial charge on any atom is 0.129 e. The third-order valence-electron chi connectivity index (χ3n) is 3.80. The van der Waals surface area contributed by atoms with Crippen molar-refractivity contribution in [3.63, 3.8) is 0 Å². The number of benzene rings is 1. The van der Waals surface area contributed by atoms with Gasteiger partial charge in [0.1, 0.15) is 5.82 Å². The molecule has 1 atom stereocenters. The van der Waals surface area contributed by atoms with E-state index >= 15 is 0 Å². The second kappa shape index (κ2) is 6.66. The zero-order valence-electron chi connectivity index (χ0n) is 11.1. The lowest BCUT2D eigenvalue weighted by Gasteiger charge is -2.37. The molecule has 2 N–H and O–H groups in total. The van der Waals surface area contributed by atoms with E-state index in [2.05, 4.69) is 4.90 Å². The van der Waals surface area contributed by atoms with Crippen molar-refractivity contribution in [3.8, 4) is 0 Å². The van der Waals surface area contributed by atoms with Gasteiger partial charge in [-0.05, 0) is 32.0 Å². The number of hydrogen-bond donors (Lipinski definition) is 1. The van der Waals surface area contributed by atoms with E-state index in [0.717, 1.165) is 26.1 Å². The average molecular weight is 287 g/mol. The van der Waals surface area contributed by atoms with E-state index < -0.39 is 0 Å². The molecule has 0 bridgehead atoms. The summed E-state index contributed by atoms with van der Waals surface area (Å²) < 4.78 is 19.4. The number of hydrogen-bond acceptors (Lipinski definition) is 3. The predicted molar refractivity (Wildman–Crippen MR) is 74.8 cm³/mol. The Bertz CT molecular complexity index is 424. The first kappa shape index (κ1) is 14.7. The molecule has 5 heteroatoms. The van der Waals surface area contributed by atoms with Crippen LogP contribution in [0.5, 0.6) is 0 Å². The molecule has 1 aromatic rings. The van der Waals surface area contributed by atoms with Gasteiger partial charge in [0.25, 0.3) is 0 Å². The van der Waals surface area contributed by atoms with Crippen molar-refractivity contribution in [2.24, 2.45) is 5.73 Å². The van der Waals surface area contributed by atoms with Crippen LogP contribution in [0.4, 0.5) is 4.39 Å². The van der Waals surface area contributed by atoms with Crippen LogP contribution in [0.1, 0.15) is 24.4 Å². The predicted octanol–water partition coefficient (Wildman–Crippen LogP) is 2.59. The Morgan fingerprint density at radius 3 is 2.74 bits per heavy atom. The summed E-state index contributed by atoms with van der Waals surface area (Å²) in [6.07, 6.45) is 1.92. The van der Waals surface area contributed by atoms with E-state index in [1.54, 1.807) is 12.1 Å². The van der Waals surface area contributed by atoms with Crippen LogP contribution in [0.2, 0.25) is 5.02 Å². The Labute approximate surface area is 118 Å². The van der Waals surface area contributed by atoms with Crippen LogP contribution in [0.15, 0.2) is 18.2 Å². The van der Waals surface area contributed by atoms with Gasteiger partial charge in [0.05, 0.1) is 0 Å². The highest BCUT2D eigenvalue weighted by molar-refractivity contribution is 6.30. The second-order valence-corrected chi connectivity index (χ2v) is 5.36. The van der Waals surface area contributed by atoms with E-state index in [1.807, 2.05) is 7.05 Å². The van der Waals surface area contributed by atoms with Crippen LogP contribution in [0.3, 0.4) is 0 Å². The van der Waals surface area contributed by atoms with Crippen LogP contribution in [-0.2, 0) is 4.74 Å². The molecule has 3 nitrogen and oxygen atoms in total. The molecule has 0 amide bonds. The van der Waals surface area contributed by atoms with Crippen molar-refractivity contribution >= 4 is 11.6 Å². The van der Waals surface area contributed by atoms with E-state index in [4.69, 9.17) is 22.1 Å². The molecule has 0 aromatic heterocycles. The van der Waals surface area contributed by atoms with Gasteiger partial charge in [0, 0.05) is 42.4 Å². The Morgan fingerprint density at radius 1 is 1.47 bits per heavy atom. The summed E-state index contributed by atoms with van der Waals surface area (Å²) in [5.74, 6) is -0.290. The largest absolute Gasteiger partial charge is 0.381 e. The van der Waals surface area contributed by atoms with Gasteiger partial charge < -0.3 is 10.5 Å². The first-order chi connectivity index (χ1) is 9.13. The van der Waals surface area contributed by atoms with Crippen molar-refractivity contribution in [1.29, 1.82) is 0 Å². The van der Waals surface area contributed by atoms with Crippen molar-refractivity contribution < 1.29 is 9.13 Å². The smallest absolute Gasteiger partial charge is 0.129 e. The van der Waals surface area contributed by atoms with Gasteiger partial charge in [-0.2, -0.15) is 0 Å². The van der Waals surface area contributed by atoms with Crippen molar-refractivity contribution in [2.75, 3.05) is 26.8 Å². The van der Waals surface area contributed by atoms with Crippen molar-refractivity contribution in [1.82, 2.24) is 4.90 Å². The minimum absolute atomic E-state index is 0.125. The van der Waals surface area contributed by atoms with Gasteiger partial charge in [0.15, 0.2) is 0 Å². The lowest BCUT2D eigenvalue weighted by Crippen LogP contribution is -2.42. The summed E-state index contributed by atoms with van der Waals surface area (Å²) in [7, 11) is 2.00. The lowest BCUT2D eigenvalue weighted by molar-refractivity contribution is 0.0289. The number of nitrogens with zero attached hydrogens (tertiary/aromatic N) is 1. The first-order valence-corrected chi connectivity index (χ1v) is 6.96. The highest BCUT2D eigenvalue weighted by Gasteiger charge is 2.26. The molecule has 1 aromatic carbocycles. The molecule has 1 unspecified atom stereocenters. The summed E-state index contributed by atoms with van der Waals surface area (Å²) in [6.45, 7) is 1.90. The minimum atomic E-state index is -0.290. The van der Waals surface area contributed by atoms with Gasteiger partial charge >= 0.3 is 0 Å². The van der Waals surface area contributed by atoms with Gasteiger partial charge in [-0.25, -0.2) is 4.39 Å². The molecule has 2 rings (SSSR count). The van der Waals surface area contributed by atoms with E-state index in [0.29, 0.717) is 23.2 Å². The Morgan fingerprint density at radius 2 is 2.16 bits per heavy atom. The monoisotopic (exact) mass is 286 g/mol. The third kappa shape index (κ3) is 3.45. The molecular formula is C14H20ClFN2O. The fourth-order valence-electron chi connectivity index (χ4n) is 2.63. The van der Waals surface area contributed by atoms with E-state index in [1.165, 1.54) is 6.07 Å². The van der Waals surface area contributed by atoms with Crippen LogP contribution in [0, 0.1) is 5.82 Å². The Balaban J connectivity index is 2.18. The quantitative estimate of drug-likeness (QED) is 0.925. The third-order valence-corrected chi connectivity index (χ3v) is 4.04. The number of ether oxygens (including phenoxy) is 1. The standard InChI is InChI=1S/C14H20ClFN2O/c1-18(11-4-6-19-7-5-11)14(9-17)12-3-2-10(15)8-13(12)16/h2-3,8,11,14H,4-7,9,17H2,1H3. The van der Waals surface area contributed by atoms with Gasteiger partial charge in [-0.1, -0.05) is 17.7 Å². The first-order valence-electron chi connectivity index (χ1n) is 6.58. The molecule has 0 saturated carbocycles. The minimum Gasteiger partial charge on any atom is -0.381 e. The fraction of sp³-hybridized carbons (Fsp3) is 0.571. The van der Waals surface area contributed by atoms with Crippen LogP contribution in [-0.4, -0.2) is 37.7 Å². The second-order valence-electron chi connectivity index (χ2n) is 4.93. The van der Waals surface area contributed by atoms with Crippen LogP contribution < -0.4 is 5.73 Å². The molecular weight excluding hydrogens is 267 g/mol. The van der Waals surface area contributed by atoms with E-state index in [9.17, 15) is 4.39 Å². The van der Waals surface area contributed by atoms with Gasteiger partial charge in [-0.3, -0.25) is 4.90 Å². The number of halogens is 2. The topological polar surface area (TPSA) is 38.5 Å². The molecule has 1 saturated heterocycles. The van der Waals surface area contributed by atoms with Crippen molar-refractivity contribution in [3.05, 3.63) is 34.6 Å². The average Bonchev–Trinajstić information content (AvgIpc) is 2.42.